The fraction of sp³-hybridized carbons (Fsp3) is 0.333. The highest BCUT2D eigenvalue weighted by Crippen LogP contribution is 2.30. The number of benzene rings is 2. The fourth-order valence-corrected chi connectivity index (χ4v) is 3.93. The summed E-state index contributed by atoms with van der Waals surface area (Å²) in [6, 6.07) is 18.1. The van der Waals surface area contributed by atoms with Gasteiger partial charge in [0.05, 0.1) is 17.3 Å². The number of nitrogens with zero attached hydrogens (tertiary/aromatic N) is 2. The van der Waals surface area contributed by atoms with Crippen LogP contribution >= 0.6 is 0 Å². The smallest absolute Gasteiger partial charge is 0.315 e. The molecule has 0 N–H and O–H groups in total. The average Bonchev–Trinajstić information content (AvgIpc) is 3.13. The maximum atomic E-state index is 12.8. The van der Waals surface area contributed by atoms with Crippen LogP contribution < -0.4 is 4.74 Å². The van der Waals surface area contributed by atoms with Crippen LogP contribution in [0.2, 0.25) is 0 Å². The van der Waals surface area contributed by atoms with Crippen LogP contribution in [0.5, 0.6) is 5.88 Å². The van der Waals surface area contributed by atoms with Crippen molar-refractivity contribution in [2.45, 2.75) is 46.0 Å². The Morgan fingerprint density at radius 2 is 1.75 bits per heavy atom. The molecule has 1 fully saturated rings. The number of esters is 1. The third-order valence-electron chi connectivity index (χ3n) is 5.47. The topological polar surface area (TPSA) is 44.1 Å². The Bertz CT molecular complexity index is 970. The van der Waals surface area contributed by atoms with Crippen molar-refractivity contribution in [1.29, 1.82) is 0 Å². The number of rotatable bonds is 4. The summed E-state index contributed by atoms with van der Waals surface area (Å²) in [4.78, 5) is 12.8. The molecule has 0 radical (unpaired) electrons. The number of carbonyl (C=O) groups is 1. The predicted molar refractivity (Wildman–Crippen MR) is 111 cm³/mol. The number of carbonyl (C=O) groups excluding carboxylic acids is 1. The van der Waals surface area contributed by atoms with E-state index in [9.17, 15) is 4.79 Å². The quantitative estimate of drug-likeness (QED) is 0.555. The monoisotopic (exact) mass is 374 g/mol. The molecule has 0 amide bonds. The Labute approximate surface area is 166 Å². The lowest BCUT2D eigenvalue weighted by atomic mass is 9.89. The van der Waals surface area contributed by atoms with E-state index in [1.165, 1.54) is 12.0 Å². The number of hydrogen-bond donors (Lipinski definition) is 0. The van der Waals surface area contributed by atoms with Gasteiger partial charge in [0.25, 0.3) is 0 Å². The molecule has 3 aromatic rings. The van der Waals surface area contributed by atoms with E-state index in [0.29, 0.717) is 5.88 Å². The molecule has 1 aromatic heterocycles. The molecule has 4 nitrogen and oxygen atoms in total. The summed E-state index contributed by atoms with van der Waals surface area (Å²) < 4.78 is 7.65. The molecule has 0 saturated heterocycles. The van der Waals surface area contributed by atoms with E-state index in [2.05, 4.69) is 26.0 Å². The molecule has 0 unspecified atom stereocenters. The van der Waals surface area contributed by atoms with Crippen molar-refractivity contribution >= 4 is 5.97 Å². The van der Waals surface area contributed by atoms with E-state index < -0.39 is 0 Å². The van der Waals surface area contributed by atoms with Crippen molar-refractivity contribution in [1.82, 2.24) is 9.78 Å². The molecule has 0 atom stereocenters. The van der Waals surface area contributed by atoms with Gasteiger partial charge in [-0.25, -0.2) is 0 Å². The van der Waals surface area contributed by atoms with Crippen molar-refractivity contribution in [2.75, 3.05) is 0 Å². The normalized spacial score (nSPS) is 14.8. The highest BCUT2D eigenvalue weighted by molar-refractivity contribution is 5.75. The first-order chi connectivity index (χ1) is 13.6. The van der Waals surface area contributed by atoms with Crippen LogP contribution in [0.1, 0.15) is 43.2 Å². The fourth-order valence-electron chi connectivity index (χ4n) is 3.93. The standard InChI is InChI=1S/C24H26N2O2/c1-17-13-14-22(18(2)15-17)26-23(28-24(27)20-11-7-4-8-12-20)16-21(25-26)19-9-5-3-6-10-19/h3,5-6,9-10,13-16,20H,4,7-8,11-12H2,1-2H3. The summed E-state index contributed by atoms with van der Waals surface area (Å²) in [5, 5.41) is 4.78. The second kappa shape index (κ2) is 8.01. The van der Waals surface area contributed by atoms with Gasteiger partial charge in [-0.1, -0.05) is 67.3 Å². The largest absolute Gasteiger partial charge is 0.407 e. The van der Waals surface area contributed by atoms with Crippen molar-refractivity contribution in [3.8, 4) is 22.8 Å². The van der Waals surface area contributed by atoms with Crippen LogP contribution in [0.3, 0.4) is 0 Å². The first kappa shape index (κ1) is 18.5. The Kier molecular flexibility index (Phi) is 5.29. The van der Waals surface area contributed by atoms with Gasteiger partial charge in [0, 0.05) is 11.6 Å². The molecule has 28 heavy (non-hydrogen) atoms. The molecule has 1 aliphatic rings. The lowest BCUT2D eigenvalue weighted by Gasteiger charge is -2.20. The summed E-state index contributed by atoms with van der Waals surface area (Å²) >= 11 is 0. The molecular formula is C24H26N2O2. The van der Waals surface area contributed by atoms with Crippen molar-refractivity contribution < 1.29 is 9.53 Å². The van der Waals surface area contributed by atoms with Gasteiger partial charge >= 0.3 is 5.97 Å². The first-order valence-corrected chi connectivity index (χ1v) is 10.1. The summed E-state index contributed by atoms with van der Waals surface area (Å²) in [6.07, 6.45) is 5.25. The zero-order valence-electron chi connectivity index (χ0n) is 16.5. The molecule has 0 aliphatic heterocycles. The van der Waals surface area contributed by atoms with Gasteiger partial charge in [0.15, 0.2) is 0 Å². The maximum Gasteiger partial charge on any atom is 0.315 e. The van der Waals surface area contributed by atoms with Crippen molar-refractivity contribution in [3.05, 3.63) is 65.7 Å². The van der Waals surface area contributed by atoms with E-state index in [4.69, 9.17) is 9.84 Å². The van der Waals surface area contributed by atoms with Crippen LogP contribution in [0.15, 0.2) is 54.6 Å². The Hall–Kier alpha value is -2.88. The maximum absolute atomic E-state index is 12.8. The highest BCUT2D eigenvalue weighted by atomic mass is 16.5. The third-order valence-corrected chi connectivity index (χ3v) is 5.47. The van der Waals surface area contributed by atoms with E-state index in [-0.39, 0.29) is 11.9 Å². The number of aromatic nitrogens is 2. The minimum atomic E-state index is -0.134. The van der Waals surface area contributed by atoms with Crippen molar-refractivity contribution in [3.63, 3.8) is 0 Å². The molecular weight excluding hydrogens is 348 g/mol. The molecule has 2 aromatic carbocycles. The summed E-state index contributed by atoms with van der Waals surface area (Å²) in [7, 11) is 0. The molecule has 1 aliphatic carbocycles. The summed E-state index contributed by atoms with van der Waals surface area (Å²) in [5.74, 6) is 0.350. The van der Waals surface area contributed by atoms with Crippen LogP contribution in [-0.2, 0) is 4.79 Å². The van der Waals surface area contributed by atoms with Crippen LogP contribution in [0.4, 0.5) is 0 Å². The minimum absolute atomic E-state index is 0.00334. The Morgan fingerprint density at radius 3 is 2.46 bits per heavy atom. The summed E-state index contributed by atoms with van der Waals surface area (Å²) in [6.45, 7) is 4.12. The van der Waals surface area contributed by atoms with Crippen LogP contribution in [0, 0.1) is 19.8 Å². The number of hydrogen-bond acceptors (Lipinski definition) is 3. The van der Waals surface area contributed by atoms with Gasteiger partial charge in [-0.3, -0.25) is 4.79 Å². The van der Waals surface area contributed by atoms with Crippen LogP contribution in [0.25, 0.3) is 16.9 Å². The zero-order valence-corrected chi connectivity index (χ0v) is 16.5. The third kappa shape index (κ3) is 3.86. The van der Waals surface area contributed by atoms with Crippen molar-refractivity contribution in [2.24, 2.45) is 5.92 Å². The summed E-state index contributed by atoms with van der Waals surface area (Å²) in [5.41, 5.74) is 5.02. The molecule has 1 heterocycles. The lowest BCUT2D eigenvalue weighted by molar-refractivity contribution is -0.140. The van der Waals surface area contributed by atoms with Gasteiger partial charge in [0.1, 0.15) is 0 Å². The average molecular weight is 374 g/mol. The van der Waals surface area contributed by atoms with Gasteiger partial charge in [-0.15, -0.1) is 0 Å². The van der Waals surface area contributed by atoms with Gasteiger partial charge < -0.3 is 4.74 Å². The second-order valence-corrected chi connectivity index (χ2v) is 7.69. The number of aryl methyl sites for hydroxylation is 2. The lowest BCUT2D eigenvalue weighted by Crippen LogP contribution is -2.23. The second-order valence-electron chi connectivity index (χ2n) is 7.69. The Morgan fingerprint density at radius 1 is 1.00 bits per heavy atom. The minimum Gasteiger partial charge on any atom is -0.407 e. The van der Waals surface area contributed by atoms with E-state index in [1.54, 1.807) is 4.68 Å². The molecule has 0 bridgehead atoms. The van der Waals surface area contributed by atoms with Gasteiger partial charge in [-0.05, 0) is 38.3 Å². The predicted octanol–water partition coefficient (Wildman–Crippen LogP) is 5.64. The molecule has 4 heteroatoms. The van der Waals surface area contributed by atoms with E-state index >= 15 is 0 Å². The molecule has 144 valence electrons. The highest BCUT2D eigenvalue weighted by Gasteiger charge is 2.25. The molecule has 1 saturated carbocycles. The molecule has 4 rings (SSSR count). The van der Waals surface area contributed by atoms with E-state index in [1.807, 2.05) is 42.5 Å². The van der Waals surface area contributed by atoms with Gasteiger partial charge in [-0.2, -0.15) is 9.78 Å². The van der Waals surface area contributed by atoms with Gasteiger partial charge in [0.2, 0.25) is 5.88 Å². The van der Waals surface area contributed by atoms with Crippen LogP contribution in [-0.4, -0.2) is 15.7 Å². The zero-order chi connectivity index (χ0) is 19.5. The SMILES string of the molecule is Cc1ccc(-n2nc(-c3ccccc3)cc2OC(=O)C2CCCCC2)c(C)c1. The number of ether oxygens (including phenoxy) is 1. The Balaban J connectivity index is 1.72. The van der Waals surface area contributed by atoms with E-state index in [0.717, 1.165) is 48.2 Å². The molecule has 0 spiro atoms. The first-order valence-electron chi connectivity index (χ1n) is 10.1.